The van der Waals surface area contributed by atoms with E-state index in [-0.39, 0.29) is 17.8 Å². The van der Waals surface area contributed by atoms with Crippen molar-refractivity contribution in [2.24, 2.45) is 5.92 Å². The van der Waals surface area contributed by atoms with E-state index in [2.05, 4.69) is 5.32 Å². The highest BCUT2D eigenvalue weighted by Gasteiger charge is 2.23. The third-order valence-electron chi connectivity index (χ3n) is 3.55. The highest BCUT2D eigenvalue weighted by Crippen LogP contribution is 2.24. The number of hydrogen-bond donors (Lipinski definition) is 1. The molecule has 1 saturated heterocycles. The molecule has 0 aromatic heterocycles. The summed E-state index contributed by atoms with van der Waals surface area (Å²) in [6.07, 6.45) is 2.05. The van der Waals surface area contributed by atoms with E-state index in [0.717, 1.165) is 42.8 Å². The summed E-state index contributed by atoms with van der Waals surface area (Å²) in [7, 11) is 0. The van der Waals surface area contributed by atoms with Crippen LogP contribution in [0, 0.1) is 12.8 Å². The number of piperidine rings is 1. The van der Waals surface area contributed by atoms with Crippen LogP contribution in [0.5, 0.6) is 5.75 Å². The van der Waals surface area contributed by atoms with Gasteiger partial charge in [0.25, 0.3) is 0 Å². The maximum Gasteiger partial charge on any atom is 0.166 e. The molecule has 0 radical (unpaired) electrons. The van der Waals surface area contributed by atoms with Gasteiger partial charge >= 0.3 is 0 Å². The van der Waals surface area contributed by atoms with Gasteiger partial charge in [0.05, 0.1) is 6.10 Å². The third kappa shape index (κ3) is 3.57. The van der Waals surface area contributed by atoms with Crippen molar-refractivity contribution in [3.63, 3.8) is 0 Å². The van der Waals surface area contributed by atoms with Crippen molar-refractivity contribution in [3.8, 4) is 5.75 Å². The van der Waals surface area contributed by atoms with Gasteiger partial charge in [-0.05, 0) is 70.5 Å². The molecule has 1 aliphatic rings. The summed E-state index contributed by atoms with van der Waals surface area (Å²) in [6, 6.07) is 5.78. The Kier molecular flexibility index (Phi) is 4.59. The molecule has 1 aromatic carbocycles. The van der Waals surface area contributed by atoms with Gasteiger partial charge in [0.1, 0.15) is 5.75 Å². The van der Waals surface area contributed by atoms with Gasteiger partial charge in [-0.3, -0.25) is 4.79 Å². The molecule has 1 aliphatic heterocycles. The van der Waals surface area contributed by atoms with Gasteiger partial charge in [0, 0.05) is 11.5 Å². The van der Waals surface area contributed by atoms with Gasteiger partial charge < -0.3 is 10.1 Å². The molecule has 104 valence electrons. The Labute approximate surface area is 115 Å². The maximum absolute atomic E-state index is 12.5. The Morgan fingerprint density at radius 3 is 2.58 bits per heavy atom. The fourth-order valence-electron chi connectivity index (χ4n) is 2.56. The quantitative estimate of drug-likeness (QED) is 0.847. The average Bonchev–Trinajstić information content (AvgIpc) is 2.38. The summed E-state index contributed by atoms with van der Waals surface area (Å²) >= 11 is 0. The van der Waals surface area contributed by atoms with Crippen LogP contribution in [0.4, 0.5) is 0 Å². The zero-order valence-corrected chi connectivity index (χ0v) is 12.0. The average molecular weight is 261 g/mol. The molecule has 1 aromatic rings. The minimum atomic E-state index is 0.158. The number of benzene rings is 1. The Morgan fingerprint density at radius 1 is 1.32 bits per heavy atom. The fraction of sp³-hybridized carbons (Fsp3) is 0.562. The van der Waals surface area contributed by atoms with Gasteiger partial charge in [0.2, 0.25) is 0 Å². The first-order valence-corrected chi connectivity index (χ1v) is 7.10. The molecule has 3 heteroatoms. The molecule has 1 fully saturated rings. The summed E-state index contributed by atoms with van der Waals surface area (Å²) in [5.41, 5.74) is 1.87. The number of aryl methyl sites for hydroxylation is 1. The van der Waals surface area contributed by atoms with E-state index in [1.807, 2.05) is 39.0 Å². The monoisotopic (exact) mass is 261 g/mol. The lowest BCUT2D eigenvalue weighted by Gasteiger charge is -2.22. The second-order valence-corrected chi connectivity index (χ2v) is 5.53. The van der Waals surface area contributed by atoms with E-state index in [1.165, 1.54) is 0 Å². The number of ether oxygens (including phenoxy) is 1. The number of hydrogen-bond acceptors (Lipinski definition) is 3. The zero-order valence-electron chi connectivity index (χ0n) is 12.0. The van der Waals surface area contributed by atoms with Crippen LogP contribution in [0.15, 0.2) is 18.2 Å². The molecule has 0 bridgehead atoms. The lowest BCUT2D eigenvalue weighted by atomic mass is 9.88. The van der Waals surface area contributed by atoms with E-state index in [9.17, 15) is 4.79 Å². The second kappa shape index (κ2) is 6.20. The van der Waals surface area contributed by atoms with E-state index in [0.29, 0.717) is 0 Å². The van der Waals surface area contributed by atoms with Crippen molar-refractivity contribution in [2.45, 2.75) is 39.7 Å². The Morgan fingerprint density at radius 2 is 2.00 bits per heavy atom. The van der Waals surface area contributed by atoms with E-state index in [1.54, 1.807) is 0 Å². The molecule has 0 unspecified atom stereocenters. The molecule has 19 heavy (non-hydrogen) atoms. The molecule has 2 rings (SSSR count). The van der Waals surface area contributed by atoms with Crippen molar-refractivity contribution < 1.29 is 9.53 Å². The number of carbonyl (C=O) groups is 1. The lowest BCUT2D eigenvalue weighted by molar-refractivity contribution is 0.0894. The van der Waals surface area contributed by atoms with Crippen LogP contribution in [0.25, 0.3) is 0 Å². The molecule has 1 N–H and O–H groups in total. The SMILES string of the molecule is Cc1cc(OC(C)C)ccc1C(=O)C1CCNCC1. The normalized spacial score (nSPS) is 16.6. The molecule has 3 nitrogen and oxygen atoms in total. The fourth-order valence-corrected chi connectivity index (χ4v) is 2.56. The largest absolute Gasteiger partial charge is 0.491 e. The van der Waals surface area contributed by atoms with Gasteiger partial charge in [-0.2, -0.15) is 0 Å². The number of rotatable bonds is 4. The highest BCUT2D eigenvalue weighted by atomic mass is 16.5. The van der Waals surface area contributed by atoms with Crippen LogP contribution >= 0.6 is 0 Å². The van der Waals surface area contributed by atoms with Crippen LogP contribution in [-0.4, -0.2) is 25.0 Å². The van der Waals surface area contributed by atoms with Crippen LogP contribution in [-0.2, 0) is 0 Å². The van der Waals surface area contributed by atoms with Gasteiger partial charge in [-0.1, -0.05) is 0 Å². The van der Waals surface area contributed by atoms with Crippen molar-refractivity contribution in [3.05, 3.63) is 29.3 Å². The number of ketones is 1. The van der Waals surface area contributed by atoms with Crippen LogP contribution in [0.1, 0.15) is 42.6 Å². The molecular formula is C16H23NO2. The molecule has 0 saturated carbocycles. The van der Waals surface area contributed by atoms with Gasteiger partial charge in [0.15, 0.2) is 5.78 Å². The highest BCUT2D eigenvalue weighted by molar-refractivity contribution is 5.99. The molecule has 1 heterocycles. The number of carbonyl (C=O) groups excluding carboxylic acids is 1. The van der Waals surface area contributed by atoms with Crippen molar-refractivity contribution in [1.82, 2.24) is 5.32 Å². The lowest BCUT2D eigenvalue weighted by Crippen LogP contribution is -2.32. The Bertz CT molecular complexity index is 448. The first kappa shape index (κ1) is 14.1. The predicted molar refractivity (Wildman–Crippen MR) is 76.9 cm³/mol. The maximum atomic E-state index is 12.5. The summed E-state index contributed by atoms with van der Waals surface area (Å²) in [4.78, 5) is 12.5. The molecule has 0 aliphatic carbocycles. The second-order valence-electron chi connectivity index (χ2n) is 5.53. The zero-order chi connectivity index (χ0) is 13.8. The van der Waals surface area contributed by atoms with Crippen LogP contribution in [0.2, 0.25) is 0 Å². The Hall–Kier alpha value is -1.35. The van der Waals surface area contributed by atoms with Crippen molar-refractivity contribution in [1.29, 1.82) is 0 Å². The summed E-state index contributed by atoms with van der Waals surface area (Å²) in [5, 5.41) is 3.29. The minimum Gasteiger partial charge on any atom is -0.491 e. The first-order chi connectivity index (χ1) is 9.08. The minimum absolute atomic E-state index is 0.158. The smallest absolute Gasteiger partial charge is 0.166 e. The van der Waals surface area contributed by atoms with Gasteiger partial charge in [-0.15, -0.1) is 0 Å². The summed E-state index contributed by atoms with van der Waals surface area (Å²) in [6.45, 7) is 7.89. The van der Waals surface area contributed by atoms with E-state index < -0.39 is 0 Å². The van der Waals surface area contributed by atoms with Crippen molar-refractivity contribution >= 4 is 5.78 Å². The molecular weight excluding hydrogens is 238 g/mol. The third-order valence-corrected chi connectivity index (χ3v) is 3.55. The first-order valence-electron chi connectivity index (χ1n) is 7.10. The van der Waals surface area contributed by atoms with Crippen molar-refractivity contribution in [2.75, 3.05) is 13.1 Å². The van der Waals surface area contributed by atoms with E-state index >= 15 is 0 Å². The molecule has 0 spiro atoms. The topological polar surface area (TPSA) is 38.3 Å². The number of Topliss-reactive ketones (excluding diaryl/α,β-unsaturated/α-hetero) is 1. The molecule has 0 atom stereocenters. The van der Waals surface area contributed by atoms with Crippen LogP contribution < -0.4 is 10.1 Å². The summed E-state index contributed by atoms with van der Waals surface area (Å²) in [5.74, 6) is 1.31. The molecule has 0 amide bonds. The summed E-state index contributed by atoms with van der Waals surface area (Å²) < 4.78 is 5.65. The van der Waals surface area contributed by atoms with Gasteiger partial charge in [-0.25, -0.2) is 0 Å². The predicted octanol–water partition coefficient (Wildman–Crippen LogP) is 2.96. The van der Waals surface area contributed by atoms with E-state index in [4.69, 9.17) is 4.74 Å². The standard InChI is InChI=1S/C16H23NO2/c1-11(2)19-14-4-5-15(12(3)10-14)16(18)13-6-8-17-9-7-13/h4-5,10-11,13,17H,6-9H2,1-3H3. The van der Waals surface area contributed by atoms with Crippen LogP contribution in [0.3, 0.4) is 0 Å². The Balaban J connectivity index is 2.13. The number of nitrogens with one attached hydrogen (secondary N) is 1.